The Morgan fingerprint density at radius 3 is 2.32 bits per heavy atom. The largest absolute Gasteiger partial charge is 0.460 e. The monoisotopic (exact) mass is 334 g/mol. The molecule has 0 atom stereocenters. The second-order valence-electron chi connectivity index (χ2n) is 5.69. The van der Waals surface area contributed by atoms with Crippen LogP contribution in [0.4, 0.5) is 0 Å². The highest BCUT2D eigenvalue weighted by Crippen LogP contribution is 2.22. The minimum absolute atomic E-state index is 0.0282. The van der Waals surface area contributed by atoms with Crippen molar-refractivity contribution < 1.29 is 19.1 Å². The number of aromatic amines is 1. The molecule has 1 aliphatic heterocycles. The van der Waals surface area contributed by atoms with E-state index >= 15 is 0 Å². The van der Waals surface area contributed by atoms with Gasteiger partial charge in [0, 0.05) is 17.1 Å². The van der Waals surface area contributed by atoms with Crippen LogP contribution in [-0.2, 0) is 4.74 Å². The van der Waals surface area contributed by atoms with Crippen LogP contribution < -0.4 is 0 Å². The van der Waals surface area contributed by atoms with Gasteiger partial charge in [-0.2, -0.15) is 0 Å². The summed E-state index contributed by atoms with van der Waals surface area (Å²) in [5.41, 5.74) is 2.04. The summed E-state index contributed by atoms with van der Waals surface area (Å²) in [6.07, 6.45) is 1.59. The predicted molar refractivity (Wildman–Crippen MR) is 90.4 cm³/mol. The lowest BCUT2D eigenvalue weighted by Crippen LogP contribution is -2.33. The number of amides is 2. The normalized spacial score (nSPS) is 13.4. The molecule has 3 aromatic rings. The molecule has 2 aromatic carbocycles. The summed E-state index contributed by atoms with van der Waals surface area (Å²) < 4.78 is 5.25. The first-order valence-corrected chi connectivity index (χ1v) is 7.85. The number of carbonyl (C=O) groups excluding carboxylic acids is 3. The standard InChI is InChI=1S/C19H14N2O4/c22-17-13-6-1-2-7-14(13)18(23)21(17)9-10-25-19(24)15-11-20-16-8-4-3-5-12(15)16/h1-8,11,20H,9-10H2. The number of esters is 1. The van der Waals surface area contributed by atoms with Crippen LogP contribution in [0.1, 0.15) is 31.1 Å². The van der Waals surface area contributed by atoms with E-state index in [1.54, 1.807) is 30.5 Å². The number of H-pyrrole nitrogens is 1. The summed E-state index contributed by atoms with van der Waals surface area (Å²) in [4.78, 5) is 40.8. The molecule has 0 aliphatic carbocycles. The summed E-state index contributed by atoms with van der Waals surface area (Å²) in [5.74, 6) is -1.21. The van der Waals surface area contributed by atoms with Gasteiger partial charge in [-0.3, -0.25) is 14.5 Å². The first-order chi connectivity index (χ1) is 12.2. The van der Waals surface area contributed by atoms with Gasteiger partial charge in [0.1, 0.15) is 6.61 Å². The average molecular weight is 334 g/mol. The second kappa shape index (κ2) is 5.90. The van der Waals surface area contributed by atoms with Crippen LogP contribution in [0.25, 0.3) is 10.9 Å². The van der Waals surface area contributed by atoms with Crippen LogP contribution in [0.3, 0.4) is 0 Å². The molecule has 0 spiro atoms. The first-order valence-electron chi connectivity index (χ1n) is 7.85. The highest BCUT2D eigenvalue weighted by molar-refractivity contribution is 6.21. The van der Waals surface area contributed by atoms with Crippen LogP contribution in [0.5, 0.6) is 0 Å². The van der Waals surface area contributed by atoms with E-state index < -0.39 is 5.97 Å². The van der Waals surface area contributed by atoms with Gasteiger partial charge in [0.15, 0.2) is 0 Å². The van der Waals surface area contributed by atoms with Crippen LogP contribution in [0.15, 0.2) is 54.7 Å². The lowest BCUT2D eigenvalue weighted by molar-refractivity contribution is 0.0422. The van der Waals surface area contributed by atoms with Gasteiger partial charge in [0.05, 0.1) is 23.2 Å². The maximum Gasteiger partial charge on any atom is 0.340 e. The van der Waals surface area contributed by atoms with Crippen molar-refractivity contribution in [3.8, 4) is 0 Å². The molecule has 0 saturated carbocycles. The van der Waals surface area contributed by atoms with E-state index in [-0.39, 0.29) is 25.0 Å². The van der Waals surface area contributed by atoms with Crippen molar-refractivity contribution in [2.24, 2.45) is 0 Å². The van der Waals surface area contributed by atoms with Crippen LogP contribution in [-0.4, -0.2) is 40.8 Å². The molecule has 4 rings (SSSR count). The van der Waals surface area contributed by atoms with E-state index in [4.69, 9.17) is 4.74 Å². The summed E-state index contributed by atoms with van der Waals surface area (Å²) in [6, 6.07) is 14.1. The Morgan fingerprint density at radius 2 is 1.60 bits per heavy atom. The van der Waals surface area contributed by atoms with Crippen molar-refractivity contribution in [1.29, 1.82) is 0 Å². The average Bonchev–Trinajstić information content (AvgIpc) is 3.17. The second-order valence-corrected chi connectivity index (χ2v) is 5.69. The van der Waals surface area contributed by atoms with Crippen molar-refractivity contribution in [2.45, 2.75) is 0 Å². The molecule has 124 valence electrons. The molecule has 1 aliphatic rings. The van der Waals surface area contributed by atoms with Crippen molar-refractivity contribution in [1.82, 2.24) is 9.88 Å². The minimum atomic E-state index is -0.492. The van der Waals surface area contributed by atoms with E-state index in [1.807, 2.05) is 24.3 Å². The Balaban J connectivity index is 1.42. The number of hydrogen-bond acceptors (Lipinski definition) is 4. The maximum absolute atomic E-state index is 12.2. The number of benzene rings is 2. The van der Waals surface area contributed by atoms with Crippen LogP contribution in [0.2, 0.25) is 0 Å². The molecule has 0 bridgehead atoms. The van der Waals surface area contributed by atoms with Gasteiger partial charge in [-0.1, -0.05) is 30.3 Å². The summed E-state index contributed by atoms with van der Waals surface area (Å²) in [7, 11) is 0. The number of carbonyl (C=O) groups is 3. The lowest BCUT2D eigenvalue weighted by Gasteiger charge is -2.13. The number of para-hydroxylation sites is 1. The van der Waals surface area contributed by atoms with Gasteiger partial charge >= 0.3 is 5.97 Å². The molecular weight excluding hydrogens is 320 g/mol. The van der Waals surface area contributed by atoms with Crippen molar-refractivity contribution >= 4 is 28.7 Å². The first kappa shape index (κ1) is 15.1. The molecule has 1 aromatic heterocycles. The third-order valence-electron chi connectivity index (χ3n) is 4.24. The summed E-state index contributed by atoms with van der Waals surface area (Å²) in [5, 5.41) is 0.772. The zero-order valence-electron chi connectivity index (χ0n) is 13.2. The fraction of sp³-hybridized carbons (Fsp3) is 0.105. The highest BCUT2D eigenvalue weighted by Gasteiger charge is 2.34. The van der Waals surface area contributed by atoms with Gasteiger partial charge in [-0.25, -0.2) is 4.79 Å². The van der Waals surface area contributed by atoms with Gasteiger partial charge < -0.3 is 9.72 Å². The topological polar surface area (TPSA) is 79.5 Å². The zero-order chi connectivity index (χ0) is 17.4. The quantitative estimate of drug-likeness (QED) is 0.587. The Labute approximate surface area is 143 Å². The molecule has 1 N–H and O–H groups in total. The fourth-order valence-corrected chi connectivity index (χ4v) is 2.99. The van der Waals surface area contributed by atoms with E-state index in [0.717, 1.165) is 15.8 Å². The minimum Gasteiger partial charge on any atom is -0.460 e. The SMILES string of the molecule is O=C(OCCN1C(=O)c2ccccc2C1=O)c1c[nH]c2ccccc12. The number of aromatic nitrogens is 1. The maximum atomic E-state index is 12.2. The van der Waals surface area contributed by atoms with Gasteiger partial charge in [-0.05, 0) is 18.2 Å². The fourth-order valence-electron chi connectivity index (χ4n) is 2.99. The number of fused-ring (bicyclic) bond motifs is 2. The molecule has 0 radical (unpaired) electrons. The lowest BCUT2D eigenvalue weighted by atomic mass is 10.1. The molecule has 6 heteroatoms. The van der Waals surface area contributed by atoms with E-state index in [1.165, 1.54) is 0 Å². The van der Waals surface area contributed by atoms with E-state index in [0.29, 0.717) is 16.7 Å². The third kappa shape index (κ3) is 2.48. The number of imide groups is 1. The van der Waals surface area contributed by atoms with Gasteiger partial charge in [0.2, 0.25) is 0 Å². The molecule has 0 fully saturated rings. The van der Waals surface area contributed by atoms with Crippen LogP contribution in [0, 0.1) is 0 Å². The molecule has 2 heterocycles. The highest BCUT2D eigenvalue weighted by atomic mass is 16.5. The molecular formula is C19H14N2O4. The predicted octanol–water partition coefficient (Wildman–Crippen LogP) is 2.62. The Bertz CT molecular complexity index is 970. The zero-order valence-corrected chi connectivity index (χ0v) is 13.2. The van der Waals surface area contributed by atoms with Crippen molar-refractivity contribution in [3.05, 3.63) is 71.4 Å². The Hall–Kier alpha value is -3.41. The molecule has 0 saturated heterocycles. The van der Waals surface area contributed by atoms with Gasteiger partial charge in [0.25, 0.3) is 11.8 Å². The number of nitrogens with zero attached hydrogens (tertiary/aromatic N) is 1. The molecule has 2 amide bonds. The molecule has 6 nitrogen and oxygen atoms in total. The Morgan fingerprint density at radius 1 is 0.960 bits per heavy atom. The number of hydrogen-bond donors (Lipinski definition) is 1. The van der Waals surface area contributed by atoms with E-state index in [2.05, 4.69) is 4.98 Å². The summed E-state index contributed by atoms with van der Waals surface area (Å²) >= 11 is 0. The van der Waals surface area contributed by atoms with Crippen molar-refractivity contribution in [3.63, 3.8) is 0 Å². The molecule has 25 heavy (non-hydrogen) atoms. The number of nitrogens with one attached hydrogen (secondary N) is 1. The summed E-state index contributed by atoms with van der Waals surface area (Å²) in [6.45, 7) is -0.0236. The van der Waals surface area contributed by atoms with Gasteiger partial charge in [-0.15, -0.1) is 0 Å². The third-order valence-corrected chi connectivity index (χ3v) is 4.24. The molecule has 0 unspecified atom stereocenters. The van der Waals surface area contributed by atoms with E-state index in [9.17, 15) is 14.4 Å². The number of ether oxygens (including phenoxy) is 1. The van der Waals surface area contributed by atoms with Crippen molar-refractivity contribution in [2.75, 3.05) is 13.2 Å². The Kier molecular flexibility index (Phi) is 3.57. The van der Waals surface area contributed by atoms with Crippen LogP contribution >= 0.6 is 0 Å². The number of rotatable bonds is 4. The smallest absolute Gasteiger partial charge is 0.340 e.